The van der Waals surface area contributed by atoms with Gasteiger partial charge in [0.25, 0.3) is 0 Å². The highest BCUT2D eigenvalue weighted by Gasteiger charge is 2.35. The van der Waals surface area contributed by atoms with E-state index in [1.165, 1.54) is 6.20 Å². The zero-order valence-corrected chi connectivity index (χ0v) is 9.33. The van der Waals surface area contributed by atoms with Gasteiger partial charge in [-0.05, 0) is 34.1 Å². The number of pyridine rings is 1. The number of nitrogens with zero attached hydrogens (tertiary/aromatic N) is 3. The smallest absolute Gasteiger partial charge is 0.236 e. The first-order valence-corrected chi connectivity index (χ1v) is 5.01. The molecule has 0 unspecified atom stereocenters. The molecule has 2 aromatic rings. The average molecular weight is 292 g/mol. The highest BCUT2D eigenvalue weighted by Crippen LogP contribution is 2.31. The molecular weight excluding hydrogens is 287 g/mol. The van der Waals surface area contributed by atoms with Gasteiger partial charge in [0.15, 0.2) is 5.82 Å². The maximum absolute atomic E-state index is 12.6. The largest absolute Gasteiger partial charge is 0.433 e. The van der Waals surface area contributed by atoms with Gasteiger partial charge < -0.3 is 0 Å². The molecule has 2 aromatic heterocycles. The molecule has 0 saturated carbocycles. The molecular formula is C9H5BrF3N3. The van der Waals surface area contributed by atoms with Crippen molar-refractivity contribution in [3.63, 3.8) is 0 Å². The van der Waals surface area contributed by atoms with Crippen LogP contribution in [0.1, 0.15) is 5.69 Å². The predicted molar refractivity (Wildman–Crippen MR) is 54.1 cm³/mol. The van der Waals surface area contributed by atoms with Crippen molar-refractivity contribution < 1.29 is 13.2 Å². The van der Waals surface area contributed by atoms with E-state index in [-0.39, 0.29) is 5.82 Å². The fourth-order valence-electron chi connectivity index (χ4n) is 1.22. The minimum absolute atomic E-state index is 0.111. The van der Waals surface area contributed by atoms with E-state index >= 15 is 0 Å². The van der Waals surface area contributed by atoms with E-state index in [4.69, 9.17) is 0 Å². The zero-order valence-electron chi connectivity index (χ0n) is 7.74. The van der Waals surface area contributed by atoms with Gasteiger partial charge in [-0.1, -0.05) is 0 Å². The van der Waals surface area contributed by atoms with Crippen LogP contribution in [-0.2, 0) is 6.18 Å². The summed E-state index contributed by atoms with van der Waals surface area (Å²) >= 11 is 3.13. The third kappa shape index (κ3) is 1.95. The van der Waals surface area contributed by atoms with Crippen LogP contribution in [0.2, 0.25) is 0 Å². The van der Waals surface area contributed by atoms with Crippen LogP contribution >= 0.6 is 15.9 Å². The van der Waals surface area contributed by atoms with Gasteiger partial charge in [0.2, 0.25) is 0 Å². The van der Waals surface area contributed by atoms with Crippen molar-refractivity contribution >= 4 is 15.9 Å². The van der Waals surface area contributed by atoms with E-state index in [1.54, 1.807) is 12.1 Å². The molecule has 0 radical (unpaired) electrons. The van der Waals surface area contributed by atoms with E-state index in [2.05, 4.69) is 26.0 Å². The molecule has 0 N–H and O–H groups in total. The Kier molecular flexibility index (Phi) is 2.71. The summed E-state index contributed by atoms with van der Waals surface area (Å²) in [5, 5.41) is 3.62. The summed E-state index contributed by atoms with van der Waals surface area (Å²) in [7, 11) is 0. The van der Waals surface area contributed by atoms with Crippen molar-refractivity contribution in [1.29, 1.82) is 0 Å². The minimum Gasteiger partial charge on any atom is -0.236 e. The van der Waals surface area contributed by atoms with Gasteiger partial charge in [-0.3, -0.25) is 0 Å². The fourth-order valence-corrected chi connectivity index (χ4v) is 1.64. The Morgan fingerprint density at radius 2 is 1.94 bits per heavy atom. The van der Waals surface area contributed by atoms with Gasteiger partial charge in [-0.2, -0.15) is 18.3 Å². The second-order valence-corrected chi connectivity index (χ2v) is 3.79. The molecule has 2 heterocycles. The van der Waals surface area contributed by atoms with Crippen molar-refractivity contribution in [2.75, 3.05) is 0 Å². The topological polar surface area (TPSA) is 30.7 Å². The molecule has 84 valence electrons. The molecule has 0 fully saturated rings. The van der Waals surface area contributed by atoms with Crippen molar-refractivity contribution in [1.82, 2.24) is 14.8 Å². The molecule has 7 heteroatoms. The number of hydrogen-bond acceptors (Lipinski definition) is 2. The van der Waals surface area contributed by atoms with E-state index in [9.17, 15) is 13.2 Å². The zero-order chi connectivity index (χ0) is 11.8. The summed E-state index contributed by atoms with van der Waals surface area (Å²) in [5.74, 6) is 0.111. The SMILES string of the molecule is FC(F)(F)c1ccnn1-c1ncccc1Br. The molecule has 16 heavy (non-hydrogen) atoms. The van der Waals surface area contributed by atoms with Crippen LogP contribution in [-0.4, -0.2) is 14.8 Å². The maximum Gasteiger partial charge on any atom is 0.433 e. The Bertz CT molecular complexity index is 507. The normalized spacial score (nSPS) is 11.8. The van der Waals surface area contributed by atoms with Crippen molar-refractivity contribution in [3.8, 4) is 5.82 Å². The molecule has 0 aliphatic rings. The Morgan fingerprint density at radius 3 is 2.56 bits per heavy atom. The van der Waals surface area contributed by atoms with Crippen LogP contribution in [0.25, 0.3) is 5.82 Å². The first-order chi connectivity index (χ1) is 7.50. The number of halogens is 4. The van der Waals surface area contributed by atoms with Crippen molar-refractivity contribution in [2.24, 2.45) is 0 Å². The molecule has 3 nitrogen and oxygen atoms in total. The molecule has 0 saturated heterocycles. The number of alkyl halides is 3. The Hall–Kier alpha value is -1.37. The lowest BCUT2D eigenvalue weighted by Crippen LogP contribution is -2.14. The molecule has 0 spiro atoms. The van der Waals surface area contributed by atoms with Gasteiger partial charge in [-0.25, -0.2) is 9.67 Å². The molecule has 2 rings (SSSR count). The number of aromatic nitrogens is 3. The van der Waals surface area contributed by atoms with Gasteiger partial charge in [0.05, 0.1) is 10.7 Å². The maximum atomic E-state index is 12.6. The predicted octanol–water partition coefficient (Wildman–Crippen LogP) is 3.05. The average Bonchev–Trinajstić information content (AvgIpc) is 2.66. The molecule has 0 atom stereocenters. The highest BCUT2D eigenvalue weighted by atomic mass is 79.9. The third-order valence-corrected chi connectivity index (χ3v) is 2.49. The van der Waals surface area contributed by atoms with Gasteiger partial charge in [-0.15, -0.1) is 0 Å². The summed E-state index contributed by atoms with van der Waals surface area (Å²) < 4.78 is 39.0. The van der Waals surface area contributed by atoms with Crippen LogP contribution in [0, 0.1) is 0 Å². The van der Waals surface area contributed by atoms with Crippen LogP contribution in [0.5, 0.6) is 0 Å². The fraction of sp³-hybridized carbons (Fsp3) is 0.111. The van der Waals surface area contributed by atoms with Gasteiger partial charge >= 0.3 is 6.18 Å². The minimum atomic E-state index is -4.45. The van der Waals surface area contributed by atoms with E-state index < -0.39 is 11.9 Å². The lowest BCUT2D eigenvalue weighted by Gasteiger charge is -2.10. The lowest BCUT2D eigenvalue weighted by molar-refractivity contribution is -0.142. The highest BCUT2D eigenvalue weighted by molar-refractivity contribution is 9.10. The monoisotopic (exact) mass is 291 g/mol. The summed E-state index contributed by atoms with van der Waals surface area (Å²) in [5.41, 5.74) is -0.855. The van der Waals surface area contributed by atoms with Crippen LogP contribution in [0.15, 0.2) is 35.1 Å². The van der Waals surface area contributed by atoms with E-state index in [1.807, 2.05) is 0 Å². The van der Waals surface area contributed by atoms with Crippen LogP contribution < -0.4 is 0 Å². The molecule has 0 aromatic carbocycles. The summed E-state index contributed by atoms with van der Waals surface area (Å²) in [6.45, 7) is 0. The third-order valence-electron chi connectivity index (χ3n) is 1.87. The van der Waals surface area contributed by atoms with Crippen LogP contribution in [0.4, 0.5) is 13.2 Å². The van der Waals surface area contributed by atoms with E-state index in [0.29, 0.717) is 4.47 Å². The van der Waals surface area contributed by atoms with Gasteiger partial charge in [0, 0.05) is 6.20 Å². The number of hydrogen-bond donors (Lipinski definition) is 0. The number of rotatable bonds is 1. The van der Waals surface area contributed by atoms with Gasteiger partial charge in [0.1, 0.15) is 5.69 Å². The molecule has 0 aliphatic carbocycles. The standard InChI is InChI=1S/C9H5BrF3N3/c10-6-2-1-4-14-8(6)16-7(3-5-15-16)9(11,12)13/h1-5H. The first-order valence-electron chi connectivity index (χ1n) is 4.22. The Labute approximate surface area is 97.0 Å². The van der Waals surface area contributed by atoms with Crippen molar-refractivity contribution in [2.45, 2.75) is 6.18 Å². The summed E-state index contributed by atoms with van der Waals surface area (Å²) in [6, 6.07) is 4.12. The molecule has 0 amide bonds. The lowest BCUT2D eigenvalue weighted by atomic mass is 10.4. The Balaban J connectivity index is 2.58. The van der Waals surface area contributed by atoms with Crippen molar-refractivity contribution in [3.05, 3.63) is 40.8 Å². The molecule has 0 bridgehead atoms. The first kappa shape index (κ1) is 11.1. The summed E-state index contributed by atoms with van der Waals surface area (Å²) in [4.78, 5) is 3.85. The second-order valence-electron chi connectivity index (χ2n) is 2.93. The quantitative estimate of drug-likeness (QED) is 0.808. The molecule has 0 aliphatic heterocycles. The second kappa shape index (κ2) is 3.89. The Morgan fingerprint density at radius 1 is 1.19 bits per heavy atom. The van der Waals surface area contributed by atoms with E-state index in [0.717, 1.165) is 16.9 Å². The van der Waals surface area contributed by atoms with Crippen LogP contribution in [0.3, 0.4) is 0 Å². The summed E-state index contributed by atoms with van der Waals surface area (Å²) in [6.07, 6.45) is -1.96.